The van der Waals surface area contributed by atoms with E-state index in [0.29, 0.717) is 47.6 Å². The molecule has 0 radical (unpaired) electrons. The van der Waals surface area contributed by atoms with E-state index in [-0.39, 0.29) is 30.1 Å². The van der Waals surface area contributed by atoms with E-state index < -0.39 is 11.6 Å². The Bertz CT molecular complexity index is 1500. The molecule has 1 saturated carbocycles. The van der Waals surface area contributed by atoms with Crippen LogP contribution in [0.25, 0.3) is 22.4 Å². The van der Waals surface area contributed by atoms with Crippen molar-refractivity contribution in [1.82, 2.24) is 29.7 Å². The van der Waals surface area contributed by atoms with Gasteiger partial charge in [-0.3, -0.25) is 4.68 Å². The molecule has 4 aromatic rings. The Morgan fingerprint density at radius 3 is 2.57 bits per heavy atom. The van der Waals surface area contributed by atoms with E-state index in [1.807, 2.05) is 30.4 Å². The lowest BCUT2D eigenvalue weighted by Crippen LogP contribution is -2.44. The highest BCUT2D eigenvalue weighted by Crippen LogP contribution is 2.38. The van der Waals surface area contributed by atoms with E-state index in [1.54, 1.807) is 6.20 Å². The SMILES string of the molecule is Cc1nc2nc(N3C[C@@H](C)O[C@H](c4cnn(C5CC5)c4CO)C3)nc(-c3ccc(F)cc3F)c2nc1C. The van der Waals surface area contributed by atoms with E-state index in [1.165, 1.54) is 12.1 Å². The summed E-state index contributed by atoms with van der Waals surface area (Å²) in [5, 5.41) is 14.6. The number of aliphatic hydroxyl groups is 1. The molecule has 3 aromatic heterocycles. The van der Waals surface area contributed by atoms with Gasteiger partial charge in [0.15, 0.2) is 5.65 Å². The van der Waals surface area contributed by atoms with Crippen molar-refractivity contribution >= 4 is 17.1 Å². The molecule has 37 heavy (non-hydrogen) atoms. The van der Waals surface area contributed by atoms with Crippen LogP contribution in [-0.4, -0.2) is 54.0 Å². The lowest BCUT2D eigenvalue weighted by atomic mass is 10.1. The summed E-state index contributed by atoms with van der Waals surface area (Å²) >= 11 is 0. The molecule has 1 N–H and O–H groups in total. The van der Waals surface area contributed by atoms with Crippen LogP contribution in [-0.2, 0) is 11.3 Å². The molecule has 4 heterocycles. The van der Waals surface area contributed by atoms with Gasteiger partial charge in [-0.15, -0.1) is 0 Å². The van der Waals surface area contributed by atoms with Crippen molar-refractivity contribution in [3.63, 3.8) is 0 Å². The second-order valence-electron chi connectivity index (χ2n) is 9.78. The largest absolute Gasteiger partial charge is 0.390 e. The topological polar surface area (TPSA) is 102 Å². The molecule has 2 fully saturated rings. The van der Waals surface area contributed by atoms with Gasteiger partial charge in [0.25, 0.3) is 0 Å². The Morgan fingerprint density at radius 2 is 1.84 bits per heavy atom. The van der Waals surface area contributed by atoms with Gasteiger partial charge in [-0.05, 0) is 45.7 Å². The standard InChI is InChI=1S/C26H27F2N7O2/c1-13-10-34(11-22(37-13)19-9-29-35(17-5-6-17)21(19)12-36)26-32-23(18-7-4-16(27)8-20(18)28)24-25(33-26)31-15(3)14(2)30-24/h4,7-9,13,17,22,36H,5-6,10-12H2,1-3H3/t13-,22+/m1/s1. The van der Waals surface area contributed by atoms with Crippen molar-refractivity contribution in [3.05, 3.63) is 58.7 Å². The normalized spacial score (nSPS) is 20.1. The number of nitrogens with zero attached hydrogens (tertiary/aromatic N) is 7. The Morgan fingerprint density at radius 1 is 1.05 bits per heavy atom. The average molecular weight is 508 g/mol. The summed E-state index contributed by atoms with van der Waals surface area (Å²) in [6.45, 7) is 6.38. The number of halogens is 2. The number of aliphatic hydroxyl groups excluding tert-OH is 1. The Kier molecular flexibility index (Phi) is 5.84. The lowest BCUT2D eigenvalue weighted by molar-refractivity contribution is -0.0188. The van der Waals surface area contributed by atoms with Crippen molar-refractivity contribution in [2.45, 2.75) is 58.5 Å². The number of hydrogen-bond acceptors (Lipinski definition) is 8. The predicted molar refractivity (Wildman–Crippen MR) is 132 cm³/mol. The van der Waals surface area contributed by atoms with Crippen molar-refractivity contribution < 1.29 is 18.6 Å². The maximum Gasteiger partial charge on any atom is 0.228 e. The number of aryl methyl sites for hydroxylation is 2. The van der Waals surface area contributed by atoms with Crippen LogP contribution >= 0.6 is 0 Å². The Balaban J connectivity index is 1.44. The fraction of sp³-hybridized carbons (Fsp3) is 0.423. The summed E-state index contributed by atoms with van der Waals surface area (Å²) in [4.78, 5) is 20.6. The summed E-state index contributed by atoms with van der Waals surface area (Å²) in [7, 11) is 0. The molecule has 6 rings (SSSR count). The van der Waals surface area contributed by atoms with Gasteiger partial charge in [-0.2, -0.15) is 10.1 Å². The maximum absolute atomic E-state index is 14.9. The van der Waals surface area contributed by atoms with Crippen LogP contribution in [0.4, 0.5) is 14.7 Å². The zero-order valence-corrected chi connectivity index (χ0v) is 20.8. The first-order chi connectivity index (χ1) is 17.8. The molecular weight excluding hydrogens is 480 g/mol. The van der Waals surface area contributed by atoms with Crippen LogP contribution in [0.15, 0.2) is 24.4 Å². The third-order valence-electron chi connectivity index (χ3n) is 6.98. The minimum Gasteiger partial charge on any atom is -0.390 e. The van der Waals surface area contributed by atoms with Crippen molar-refractivity contribution in [2.24, 2.45) is 0 Å². The van der Waals surface area contributed by atoms with E-state index in [4.69, 9.17) is 14.7 Å². The van der Waals surface area contributed by atoms with Gasteiger partial charge in [0.1, 0.15) is 28.9 Å². The molecule has 2 aliphatic rings. The number of rotatable bonds is 5. The van der Waals surface area contributed by atoms with Crippen LogP contribution in [0.3, 0.4) is 0 Å². The predicted octanol–water partition coefficient (Wildman–Crippen LogP) is 3.97. The molecule has 11 heteroatoms. The highest BCUT2D eigenvalue weighted by atomic mass is 19.1. The molecule has 0 amide bonds. The molecule has 1 aromatic carbocycles. The Hall–Kier alpha value is -3.57. The molecule has 0 unspecified atom stereocenters. The third-order valence-corrected chi connectivity index (χ3v) is 6.98. The highest BCUT2D eigenvalue weighted by molar-refractivity contribution is 5.88. The van der Waals surface area contributed by atoms with Gasteiger partial charge >= 0.3 is 0 Å². The fourth-order valence-corrected chi connectivity index (χ4v) is 4.87. The summed E-state index contributed by atoms with van der Waals surface area (Å²) < 4.78 is 36.7. The van der Waals surface area contributed by atoms with Gasteiger partial charge in [0.2, 0.25) is 5.95 Å². The second kappa shape index (κ2) is 9.07. The molecule has 2 atom stereocenters. The first kappa shape index (κ1) is 23.8. The summed E-state index contributed by atoms with van der Waals surface area (Å²) in [5.41, 5.74) is 4.03. The number of anilines is 1. The maximum atomic E-state index is 14.9. The van der Waals surface area contributed by atoms with Crippen molar-refractivity contribution in [1.29, 1.82) is 0 Å². The molecule has 0 bridgehead atoms. The quantitative estimate of drug-likeness (QED) is 0.433. The molecule has 0 spiro atoms. The summed E-state index contributed by atoms with van der Waals surface area (Å²) in [6.07, 6.45) is 3.33. The molecule has 192 valence electrons. The van der Waals surface area contributed by atoms with Crippen molar-refractivity contribution in [2.75, 3.05) is 18.0 Å². The smallest absolute Gasteiger partial charge is 0.228 e. The minimum absolute atomic E-state index is 0.124. The fourth-order valence-electron chi connectivity index (χ4n) is 4.87. The van der Waals surface area contributed by atoms with Crippen LogP contribution in [0, 0.1) is 25.5 Å². The van der Waals surface area contributed by atoms with E-state index >= 15 is 0 Å². The zero-order chi connectivity index (χ0) is 25.8. The van der Waals surface area contributed by atoms with E-state index in [2.05, 4.69) is 15.1 Å². The third kappa shape index (κ3) is 4.31. The van der Waals surface area contributed by atoms with Crippen LogP contribution in [0.5, 0.6) is 0 Å². The van der Waals surface area contributed by atoms with Gasteiger partial charge in [0, 0.05) is 23.7 Å². The van der Waals surface area contributed by atoms with Gasteiger partial charge in [0.05, 0.1) is 48.6 Å². The van der Waals surface area contributed by atoms with Crippen molar-refractivity contribution in [3.8, 4) is 11.3 Å². The van der Waals surface area contributed by atoms with E-state index in [9.17, 15) is 13.9 Å². The number of morpholine rings is 1. The molecule has 1 aliphatic heterocycles. The first-order valence-electron chi connectivity index (χ1n) is 12.4. The minimum atomic E-state index is -0.737. The van der Waals surface area contributed by atoms with Crippen LogP contribution < -0.4 is 4.90 Å². The summed E-state index contributed by atoms with van der Waals surface area (Å²) in [5.74, 6) is -1.06. The number of ether oxygens (including phenoxy) is 1. The number of benzene rings is 1. The molecule has 1 saturated heterocycles. The zero-order valence-electron chi connectivity index (χ0n) is 20.8. The second-order valence-corrected chi connectivity index (χ2v) is 9.78. The average Bonchev–Trinajstić information content (AvgIpc) is 3.62. The first-order valence-corrected chi connectivity index (χ1v) is 12.4. The highest BCUT2D eigenvalue weighted by Gasteiger charge is 2.34. The summed E-state index contributed by atoms with van der Waals surface area (Å²) in [6, 6.07) is 3.71. The molecule has 1 aliphatic carbocycles. The van der Waals surface area contributed by atoms with Crippen LogP contribution in [0.1, 0.15) is 54.6 Å². The monoisotopic (exact) mass is 507 g/mol. The lowest BCUT2D eigenvalue weighted by Gasteiger charge is -2.37. The number of fused-ring (bicyclic) bond motifs is 1. The Labute approximate surface area is 212 Å². The van der Waals surface area contributed by atoms with E-state index in [0.717, 1.165) is 30.2 Å². The van der Waals surface area contributed by atoms with Crippen LogP contribution in [0.2, 0.25) is 0 Å². The molecular formula is C26H27F2N7O2. The van der Waals surface area contributed by atoms with Gasteiger partial charge < -0.3 is 14.7 Å². The molecule has 9 nitrogen and oxygen atoms in total. The number of aromatic nitrogens is 6. The number of hydrogen-bond donors (Lipinski definition) is 1. The van der Waals surface area contributed by atoms with Gasteiger partial charge in [-0.1, -0.05) is 0 Å². The van der Waals surface area contributed by atoms with Gasteiger partial charge in [-0.25, -0.2) is 23.7 Å².